The molecular formula is C33H36N2. The predicted octanol–water partition coefficient (Wildman–Crippen LogP) is 9.18. The van der Waals surface area contributed by atoms with Gasteiger partial charge in [-0.2, -0.15) is 0 Å². The average Bonchev–Trinajstić information content (AvgIpc) is 2.86. The minimum atomic E-state index is 0.714. The first kappa shape index (κ1) is 25.7. The molecule has 0 saturated heterocycles. The maximum Gasteiger partial charge on any atom is 0.126 e. The van der Waals surface area contributed by atoms with E-state index in [1.165, 1.54) is 33.4 Å². The van der Waals surface area contributed by atoms with Crippen LogP contribution in [0.2, 0.25) is 0 Å². The Bertz CT molecular complexity index is 1250. The van der Waals surface area contributed by atoms with E-state index < -0.39 is 0 Å². The molecule has 0 amide bonds. The number of nitrogens with zero attached hydrogens (tertiary/aromatic N) is 1. The summed E-state index contributed by atoms with van der Waals surface area (Å²) in [5, 5.41) is 3.47. The number of anilines is 1. The van der Waals surface area contributed by atoms with Gasteiger partial charge in [-0.3, -0.25) is 0 Å². The van der Waals surface area contributed by atoms with E-state index in [1.807, 2.05) is 20.0 Å². The molecule has 0 fully saturated rings. The smallest absolute Gasteiger partial charge is 0.126 e. The molecule has 2 aromatic carbocycles. The van der Waals surface area contributed by atoms with Crippen molar-refractivity contribution in [3.63, 3.8) is 0 Å². The Morgan fingerprint density at radius 1 is 1.00 bits per heavy atom. The third-order valence-electron chi connectivity index (χ3n) is 5.64. The van der Waals surface area contributed by atoms with Gasteiger partial charge in [0.1, 0.15) is 5.82 Å². The molecule has 1 N–H and O–H groups in total. The SMILES string of the molecule is C=C(C)/C=C(\C=C/C)c1ccc(CNc2cc(-c3ccc(C)c(/C=C\C=C\CC)c3)ccn2)cc1. The fourth-order valence-electron chi connectivity index (χ4n) is 3.76. The second-order valence-corrected chi connectivity index (χ2v) is 8.69. The summed E-state index contributed by atoms with van der Waals surface area (Å²) in [5.74, 6) is 0.868. The van der Waals surface area contributed by atoms with E-state index in [-0.39, 0.29) is 0 Å². The maximum atomic E-state index is 4.53. The number of allylic oxidation sites excluding steroid dienone is 8. The zero-order chi connectivity index (χ0) is 25.0. The third-order valence-corrected chi connectivity index (χ3v) is 5.64. The van der Waals surface area contributed by atoms with E-state index in [4.69, 9.17) is 0 Å². The highest BCUT2D eigenvalue weighted by Crippen LogP contribution is 2.25. The van der Waals surface area contributed by atoms with E-state index in [1.54, 1.807) is 0 Å². The fourth-order valence-corrected chi connectivity index (χ4v) is 3.76. The molecule has 1 heterocycles. The lowest BCUT2D eigenvalue weighted by atomic mass is 10.00. The highest BCUT2D eigenvalue weighted by molar-refractivity contribution is 5.76. The Kier molecular flexibility index (Phi) is 9.62. The van der Waals surface area contributed by atoms with Crippen molar-refractivity contribution in [2.75, 3.05) is 5.32 Å². The Morgan fingerprint density at radius 2 is 1.77 bits per heavy atom. The van der Waals surface area contributed by atoms with Crippen LogP contribution < -0.4 is 5.32 Å². The lowest BCUT2D eigenvalue weighted by molar-refractivity contribution is 1.11. The van der Waals surface area contributed by atoms with Gasteiger partial charge in [0.15, 0.2) is 0 Å². The van der Waals surface area contributed by atoms with Gasteiger partial charge in [-0.1, -0.05) is 98.0 Å². The zero-order valence-electron chi connectivity index (χ0n) is 21.4. The first-order valence-corrected chi connectivity index (χ1v) is 12.2. The van der Waals surface area contributed by atoms with Crippen LogP contribution in [0.3, 0.4) is 0 Å². The van der Waals surface area contributed by atoms with E-state index in [2.05, 4.69) is 128 Å². The molecule has 0 aliphatic carbocycles. The summed E-state index contributed by atoms with van der Waals surface area (Å²) in [7, 11) is 0. The molecule has 0 spiro atoms. The highest BCUT2D eigenvalue weighted by Gasteiger charge is 2.04. The van der Waals surface area contributed by atoms with E-state index >= 15 is 0 Å². The third kappa shape index (κ3) is 7.82. The standard InChI is InChI=1S/C33H36N2/c1-6-8-9-10-12-29-22-31(16-13-26(29)5)32-19-20-34-33(23-32)35-24-27-14-17-28(18-15-27)30(11-7-2)21-25(3)4/h7-23H,3,6,24H2,1-2,4-5H3,(H,34,35)/b9-8+,11-7-,12-10-,30-21+. The average molecular weight is 461 g/mol. The molecule has 0 atom stereocenters. The molecule has 0 aliphatic heterocycles. The molecule has 0 radical (unpaired) electrons. The number of pyridine rings is 1. The van der Waals surface area contributed by atoms with Crippen molar-refractivity contribution in [2.45, 2.75) is 40.7 Å². The quantitative estimate of drug-likeness (QED) is 0.305. The van der Waals surface area contributed by atoms with Crippen molar-refractivity contribution in [3.8, 4) is 11.1 Å². The van der Waals surface area contributed by atoms with Crippen LogP contribution in [-0.4, -0.2) is 4.98 Å². The van der Waals surface area contributed by atoms with Crippen LogP contribution in [0.1, 0.15) is 49.4 Å². The van der Waals surface area contributed by atoms with Gasteiger partial charge < -0.3 is 5.32 Å². The molecule has 0 aliphatic rings. The molecule has 3 rings (SSSR count). The van der Waals surface area contributed by atoms with Gasteiger partial charge in [-0.05, 0) is 84.3 Å². The van der Waals surface area contributed by atoms with Crippen molar-refractivity contribution in [1.29, 1.82) is 0 Å². The van der Waals surface area contributed by atoms with Crippen molar-refractivity contribution in [2.24, 2.45) is 0 Å². The van der Waals surface area contributed by atoms with E-state index in [0.29, 0.717) is 6.54 Å². The van der Waals surface area contributed by atoms with Gasteiger partial charge in [-0.15, -0.1) is 0 Å². The van der Waals surface area contributed by atoms with Crippen molar-refractivity contribution in [3.05, 3.63) is 132 Å². The number of rotatable bonds is 10. The summed E-state index contributed by atoms with van der Waals surface area (Å²) in [5.41, 5.74) is 9.43. The Morgan fingerprint density at radius 3 is 2.49 bits per heavy atom. The monoisotopic (exact) mass is 460 g/mol. The molecule has 35 heavy (non-hydrogen) atoms. The first-order valence-electron chi connectivity index (χ1n) is 12.2. The molecule has 0 bridgehead atoms. The van der Waals surface area contributed by atoms with Crippen LogP contribution in [-0.2, 0) is 6.54 Å². The molecule has 178 valence electrons. The van der Waals surface area contributed by atoms with Crippen LogP contribution >= 0.6 is 0 Å². The topological polar surface area (TPSA) is 24.9 Å². The van der Waals surface area contributed by atoms with Crippen LogP contribution in [0, 0.1) is 6.92 Å². The van der Waals surface area contributed by atoms with Crippen molar-refractivity contribution < 1.29 is 0 Å². The summed E-state index contributed by atoms with van der Waals surface area (Å²) >= 11 is 0. The molecule has 1 aromatic heterocycles. The van der Waals surface area contributed by atoms with Crippen LogP contribution in [0.15, 0.2) is 109 Å². The lowest BCUT2D eigenvalue weighted by Crippen LogP contribution is -2.01. The Labute approximate surface area is 211 Å². The number of nitrogens with one attached hydrogen (secondary N) is 1. The van der Waals surface area contributed by atoms with E-state index in [0.717, 1.165) is 23.4 Å². The highest BCUT2D eigenvalue weighted by atomic mass is 15.0. The van der Waals surface area contributed by atoms with E-state index in [9.17, 15) is 0 Å². The molecule has 0 unspecified atom stereocenters. The van der Waals surface area contributed by atoms with Crippen molar-refractivity contribution >= 4 is 17.5 Å². The van der Waals surface area contributed by atoms with Crippen molar-refractivity contribution in [1.82, 2.24) is 4.98 Å². The number of aromatic nitrogens is 1. The number of aryl methyl sites for hydroxylation is 1. The summed E-state index contributed by atoms with van der Waals surface area (Å²) in [6.45, 7) is 13.1. The second-order valence-electron chi connectivity index (χ2n) is 8.69. The normalized spacial score (nSPS) is 12.2. The van der Waals surface area contributed by atoms with Gasteiger partial charge in [0.2, 0.25) is 0 Å². The molecule has 3 aromatic rings. The van der Waals surface area contributed by atoms with Crippen LogP contribution in [0.4, 0.5) is 5.82 Å². The van der Waals surface area contributed by atoms with Crippen LogP contribution in [0.25, 0.3) is 22.8 Å². The van der Waals surface area contributed by atoms with Gasteiger partial charge >= 0.3 is 0 Å². The Hall–Kier alpha value is -3.91. The fraction of sp³-hybridized carbons (Fsp3) is 0.182. The second kappa shape index (κ2) is 13.1. The predicted molar refractivity (Wildman–Crippen MR) is 154 cm³/mol. The molecule has 2 nitrogen and oxygen atoms in total. The number of benzene rings is 2. The number of hydrogen-bond donors (Lipinski definition) is 1. The van der Waals surface area contributed by atoms with Gasteiger partial charge in [-0.25, -0.2) is 4.98 Å². The Balaban J connectivity index is 1.72. The molecular weight excluding hydrogens is 424 g/mol. The lowest BCUT2D eigenvalue weighted by Gasteiger charge is -2.10. The minimum absolute atomic E-state index is 0.714. The summed E-state index contributed by atoms with van der Waals surface area (Å²) in [4.78, 5) is 4.53. The number of hydrogen-bond acceptors (Lipinski definition) is 2. The van der Waals surface area contributed by atoms with Gasteiger partial charge in [0, 0.05) is 12.7 Å². The minimum Gasteiger partial charge on any atom is -0.366 e. The zero-order valence-corrected chi connectivity index (χ0v) is 21.4. The largest absolute Gasteiger partial charge is 0.366 e. The van der Waals surface area contributed by atoms with Gasteiger partial charge in [0.25, 0.3) is 0 Å². The summed E-state index contributed by atoms with van der Waals surface area (Å²) in [6.07, 6.45) is 17.7. The summed E-state index contributed by atoms with van der Waals surface area (Å²) in [6, 6.07) is 19.4. The first-order chi connectivity index (χ1) is 17.0. The maximum absolute atomic E-state index is 4.53. The van der Waals surface area contributed by atoms with Crippen LogP contribution in [0.5, 0.6) is 0 Å². The summed E-state index contributed by atoms with van der Waals surface area (Å²) < 4.78 is 0. The van der Waals surface area contributed by atoms with Gasteiger partial charge in [0.05, 0.1) is 0 Å². The molecule has 0 saturated carbocycles. The molecule has 2 heteroatoms.